The molecule has 0 bridgehead atoms. The third-order valence-corrected chi connectivity index (χ3v) is 3.38. The van der Waals surface area contributed by atoms with Crippen molar-refractivity contribution in [2.75, 3.05) is 18.0 Å². The van der Waals surface area contributed by atoms with Crippen molar-refractivity contribution in [3.63, 3.8) is 0 Å². The molecule has 0 aromatic carbocycles. The number of hydrogen-bond donors (Lipinski definition) is 0. The standard InChI is InChI=1S/C11H16N4O3/c1-8-10(15(17)18)11(13(2)12-8)14-5-3-9(7-16)4-6-14/h7,9H,3-6H2,1-2H3. The first-order valence-electron chi connectivity index (χ1n) is 5.92. The predicted octanol–water partition coefficient (Wildman–Crippen LogP) is 1.05. The van der Waals surface area contributed by atoms with Gasteiger partial charge in [-0.25, -0.2) is 4.68 Å². The number of carbonyl (C=O) groups is 1. The summed E-state index contributed by atoms with van der Waals surface area (Å²) in [4.78, 5) is 23.4. The molecule has 1 saturated heterocycles. The van der Waals surface area contributed by atoms with Crippen LogP contribution in [-0.4, -0.2) is 34.1 Å². The van der Waals surface area contributed by atoms with Crippen LogP contribution in [0.25, 0.3) is 0 Å². The van der Waals surface area contributed by atoms with E-state index >= 15 is 0 Å². The number of nitrogens with zero attached hydrogens (tertiary/aromatic N) is 4. The van der Waals surface area contributed by atoms with Gasteiger partial charge in [-0.2, -0.15) is 5.10 Å². The number of aryl methyl sites for hydroxylation is 2. The van der Waals surface area contributed by atoms with Crippen LogP contribution < -0.4 is 4.90 Å². The molecule has 0 radical (unpaired) electrons. The van der Waals surface area contributed by atoms with E-state index in [0.717, 1.165) is 19.1 Å². The van der Waals surface area contributed by atoms with E-state index in [2.05, 4.69) is 5.10 Å². The molecule has 0 atom stereocenters. The Morgan fingerprint density at radius 2 is 2.06 bits per heavy atom. The van der Waals surface area contributed by atoms with E-state index in [1.807, 2.05) is 4.90 Å². The third-order valence-electron chi connectivity index (χ3n) is 3.38. The fourth-order valence-corrected chi connectivity index (χ4v) is 2.45. The topological polar surface area (TPSA) is 81.3 Å². The monoisotopic (exact) mass is 252 g/mol. The van der Waals surface area contributed by atoms with Crippen LogP contribution in [0.5, 0.6) is 0 Å². The molecule has 18 heavy (non-hydrogen) atoms. The van der Waals surface area contributed by atoms with Gasteiger partial charge in [0, 0.05) is 26.1 Å². The molecule has 0 saturated carbocycles. The lowest BCUT2D eigenvalue weighted by atomic mass is 9.98. The van der Waals surface area contributed by atoms with E-state index in [9.17, 15) is 14.9 Å². The summed E-state index contributed by atoms with van der Waals surface area (Å²) in [5.41, 5.74) is 0.497. The Morgan fingerprint density at radius 3 is 2.56 bits per heavy atom. The quantitative estimate of drug-likeness (QED) is 0.456. The average molecular weight is 252 g/mol. The van der Waals surface area contributed by atoms with Gasteiger partial charge in [0.1, 0.15) is 12.0 Å². The van der Waals surface area contributed by atoms with Crippen molar-refractivity contribution in [2.45, 2.75) is 19.8 Å². The number of nitro groups is 1. The van der Waals surface area contributed by atoms with Crippen LogP contribution in [0.15, 0.2) is 0 Å². The average Bonchev–Trinajstić information content (AvgIpc) is 2.64. The van der Waals surface area contributed by atoms with Crippen LogP contribution >= 0.6 is 0 Å². The molecule has 1 aliphatic rings. The van der Waals surface area contributed by atoms with Crippen molar-refractivity contribution in [1.82, 2.24) is 9.78 Å². The van der Waals surface area contributed by atoms with Gasteiger partial charge in [0.2, 0.25) is 5.82 Å². The number of aldehydes is 1. The second kappa shape index (κ2) is 4.75. The largest absolute Gasteiger partial charge is 0.351 e. The molecule has 7 heteroatoms. The van der Waals surface area contributed by atoms with Crippen LogP contribution in [0.3, 0.4) is 0 Å². The second-order valence-electron chi connectivity index (χ2n) is 4.60. The van der Waals surface area contributed by atoms with E-state index in [-0.39, 0.29) is 16.5 Å². The van der Waals surface area contributed by atoms with Crippen LogP contribution in [0.1, 0.15) is 18.5 Å². The van der Waals surface area contributed by atoms with Crippen molar-refractivity contribution < 1.29 is 9.72 Å². The third kappa shape index (κ3) is 2.07. The van der Waals surface area contributed by atoms with Gasteiger partial charge in [-0.3, -0.25) is 10.1 Å². The number of carbonyl (C=O) groups excluding carboxylic acids is 1. The van der Waals surface area contributed by atoms with Crippen molar-refractivity contribution in [3.05, 3.63) is 15.8 Å². The zero-order valence-electron chi connectivity index (χ0n) is 10.5. The molecule has 1 aromatic rings. The molecule has 0 amide bonds. The molecule has 0 spiro atoms. The van der Waals surface area contributed by atoms with Gasteiger partial charge in [0.05, 0.1) is 4.92 Å². The number of hydrogen-bond acceptors (Lipinski definition) is 5. The number of rotatable bonds is 3. The summed E-state index contributed by atoms with van der Waals surface area (Å²) in [5, 5.41) is 15.2. The molecular formula is C11H16N4O3. The van der Waals surface area contributed by atoms with Gasteiger partial charge in [-0.15, -0.1) is 0 Å². The summed E-state index contributed by atoms with van der Waals surface area (Å²) < 4.78 is 1.55. The Labute approximate surface area is 105 Å². The molecule has 0 unspecified atom stereocenters. The Bertz CT molecular complexity index is 475. The summed E-state index contributed by atoms with van der Waals surface area (Å²) in [6, 6.07) is 0. The minimum absolute atomic E-state index is 0.0713. The Kier molecular flexibility index (Phi) is 3.31. The summed E-state index contributed by atoms with van der Waals surface area (Å²) in [6.07, 6.45) is 2.45. The number of anilines is 1. The Morgan fingerprint density at radius 1 is 1.44 bits per heavy atom. The van der Waals surface area contributed by atoms with Crippen molar-refractivity contribution in [2.24, 2.45) is 13.0 Å². The van der Waals surface area contributed by atoms with E-state index in [0.29, 0.717) is 24.6 Å². The minimum Gasteiger partial charge on any atom is -0.351 e. The highest BCUT2D eigenvalue weighted by Gasteiger charge is 2.30. The molecule has 1 aromatic heterocycles. The van der Waals surface area contributed by atoms with E-state index in [1.165, 1.54) is 0 Å². The SMILES string of the molecule is Cc1nn(C)c(N2CCC(C=O)CC2)c1[N+](=O)[O-]. The zero-order valence-corrected chi connectivity index (χ0v) is 10.5. The lowest BCUT2D eigenvalue weighted by Gasteiger charge is -2.30. The van der Waals surface area contributed by atoms with Crippen molar-refractivity contribution in [1.29, 1.82) is 0 Å². The molecule has 0 aliphatic carbocycles. The molecular weight excluding hydrogens is 236 g/mol. The Hall–Kier alpha value is -1.92. The van der Waals surface area contributed by atoms with Gasteiger partial charge in [-0.1, -0.05) is 0 Å². The fraction of sp³-hybridized carbons (Fsp3) is 0.636. The van der Waals surface area contributed by atoms with E-state index in [1.54, 1.807) is 18.7 Å². The smallest absolute Gasteiger partial charge is 0.333 e. The summed E-state index contributed by atoms with van der Waals surface area (Å²) in [6.45, 7) is 2.95. The van der Waals surface area contributed by atoms with Crippen LogP contribution in [0.2, 0.25) is 0 Å². The number of aromatic nitrogens is 2. The van der Waals surface area contributed by atoms with Crippen LogP contribution in [0, 0.1) is 23.0 Å². The van der Waals surface area contributed by atoms with Gasteiger partial charge >= 0.3 is 5.69 Å². The molecule has 7 nitrogen and oxygen atoms in total. The molecule has 2 heterocycles. The van der Waals surface area contributed by atoms with E-state index < -0.39 is 0 Å². The zero-order chi connectivity index (χ0) is 13.3. The van der Waals surface area contributed by atoms with Crippen LogP contribution in [0.4, 0.5) is 11.5 Å². The summed E-state index contributed by atoms with van der Waals surface area (Å²) in [5.74, 6) is 0.622. The highest BCUT2D eigenvalue weighted by atomic mass is 16.6. The lowest BCUT2D eigenvalue weighted by molar-refractivity contribution is -0.384. The molecule has 2 rings (SSSR count). The van der Waals surface area contributed by atoms with Gasteiger partial charge in [0.25, 0.3) is 0 Å². The maximum Gasteiger partial charge on any atom is 0.333 e. The summed E-state index contributed by atoms with van der Waals surface area (Å²) in [7, 11) is 1.71. The molecule has 0 N–H and O–H groups in total. The second-order valence-corrected chi connectivity index (χ2v) is 4.60. The Balaban J connectivity index is 2.29. The maximum atomic E-state index is 11.1. The van der Waals surface area contributed by atoms with Gasteiger partial charge in [-0.05, 0) is 19.8 Å². The predicted molar refractivity (Wildman–Crippen MR) is 65.6 cm³/mol. The number of piperidine rings is 1. The lowest BCUT2D eigenvalue weighted by Crippen LogP contribution is -2.35. The van der Waals surface area contributed by atoms with Gasteiger partial charge < -0.3 is 9.69 Å². The maximum absolute atomic E-state index is 11.1. The first-order chi connectivity index (χ1) is 8.54. The molecule has 98 valence electrons. The first-order valence-corrected chi connectivity index (χ1v) is 5.92. The van der Waals surface area contributed by atoms with Gasteiger partial charge in [0.15, 0.2) is 0 Å². The normalized spacial score (nSPS) is 16.9. The molecule has 1 aliphatic heterocycles. The minimum atomic E-state index is -0.385. The highest BCUT2D eigenvalue weighted by Crippen LogP contribution is 2.33. The first kappa shape index (κ1) is 12.5. The summed E-state index contributed by atoms with van der Waals surface area (Å²) >= 11 is 0. The fourth-order valence-electron chi connectivity index (χ4n) is 2.45. The van der Waals surface area contributed by atoms with Crippen molar-refractivity contribution in [3.8, 4) is 0 Å². The highest BCUT2D eigenvalue weighted by molar-refractivity contribution is 5.62. The molecule has 1 fully saturated rings. The van der Waals surface area contributed by atoms with Crippen molar-refractivity contribution >= 4 is 17.8 Å². The van der Waals surface area contributed by atoms with Crippen LogP contribution in [-0.2, 0) is 11.8 Å². The van der Waals surface area contributed by atoms with E-state index in [4.69, 9.17) is 0 Å².